The Bertz CT molecular complexity index is 497. The largest absolute Gasteiger partial charge is 0.481 e. The molecule has 3 N–H and O–H groups in total. The van der Waals surface area contributed by atoms with Gasteiger partial charge in [-0.15, -0.1) is 0 Å². The van der Waals surface area contributed by atoms with E-state index >= 15 is 0 Å². The summed E-state index contributed by atoms with van der Waals surface area (Å²) in [7, 11) is 0. The van der Waals surface area contributed by atoms with Gasteiger partial charge in [0.25, 0.3) is 0 Å². The first-order valence-electron chi connectivity index (χ1n) is 10.4. The number of carboxylic acid groups (broad SMARTS) is 1. The Morgan fingerprint density at radius 2 is 1.70 bits per heavy atom. The van der Waals surface area contributed by atoms with Gasteiger partial charge in [-0.2, -0.15) is 0 Å². The van der Waals surface area contributed by atoms with Gasteiger partial charge in [0.05, 0.1) is 12.2 Å². The van der Waals surface area contributed by atoms with Crippen molar-refractivity contribution in [2.75, 3.05) is 0 Å². The molecule has 0 heterocycles. The van der Waals surface area contributed by atoms with E-state index < -0.39 is 18.2 Å². The second-order valence-electron chi connectivity index (χ2n) is 7.59. The van der Waals surface area contributed by atoms with Gasteiger partial charge in [-0.3, -0.25) is 9.59 Å². The molecule has 0 aromatic carbocycles. The smallest absolute Gasteiger partial charge is 0.303 e. The lowest BCUT2D eigenvalue weighted by Gasteiger charge is -2.19. The predicted octanol–water partition coefficient (Wildman–Crippen LogP) is 4.03. The molecule has 4 unspecified atom stereocenters. The molecule has 0 radical (unpaired) electrons. The van der Waals surface area contributed by atoms with Crippen LogP contribution in [-0.2, 0) is 9.59 Å². The van der Waals surface area contributed by atoms with Gasteiger partial charge in [-0.05, 0) is 37.7 Å². The van der Waals surface area contributed by atoms with Crippen LogP contribution in [0.3, 0.4) is 0 Å². The van der Waals surface area contributed by atoms with Crippen LogP contribution in [-0.4, -0.2) is 39.3 Å². The van der Waals surface area contributed by atoms with Crippen LogP contribution < -0.4 is 0 Å². The van der Waals surface area contributed by atoms with Gasteiger partial charge in [-0.1, -0.05) is 50.8 Å². The number of unbranched alkanes of at least 4 members (excludes halogenated alkanes) is 5. The summed E-state index contributed by atoms with van der Waals surface area (Å²) in [6, 6.07) is 0. The van der Waals surface area contributed by atoms with E-state index in [1.807, 2.05) is 12.2 Å². The summed E-state index contributed by atoms with van der Waals surface area (Å²) >= 11 is 0. The number of allylic oxidation sites excluding steroid dienone is 3. The number of aliphatic carboxylic acids is 1. The normalized spacial score (nSPS) is 25.6. The second-order valence-corrected chi connectivity index (χ2v) is 7.59. The Hall–Kier alpha value is -1.46. The van der Waals surface area contributed by atoms with E-state index in [0.29, 0.717) is 32.1 Å². The Labute approximate surface area is 163 Å². The van der Waals surface area contributed by atoms with Crippen molar-refractivity contribution in [1.29, 1.82) is 0 Å². The highest BCUT2D eigenvalue weighted by molar-refractivity contribution is 5.89. The van der Waals surface area contributed by atoms with Crippen molar-refractivity contribution in [3.63, 3.8) is 0 Å². The maximum absolute atomic E-state index is 12.0. The van der Waals surface area contributed by atoms with E-state index in [1.165, 1.54) is 19.3 Å². The number of carboxylic acids is 1. The monoisotopic (exact) mass is 380 g/mol. The Morgan fingerprint density at radius 3 is 2.41 bits per heavy atom. The molecule has 27 heavy (non-hydrogen) atoms. The fourth-order valence-corrected chi connectivity index (χ4v) is 3.65. The van der Waals surface area contributed by atoms with E-state index in [9.17, 15) is 19.8 Å². The minimum absolute atomic E-state index is 0.0862. The first-order chi connectivity index (χ1) is 13.0. The highest BCUT2D eigenvalue weighted by atomic mass is 16.4. The minimum atomic E-state index is -0.794. The van der Waals surface area contributed by atoms with Gasteiger partial charge in [0, 0.05) is 25.2 Å². The molecule has 1 saturated carbocycles. The molecule has 0 saturated heterocycles. The Kier molecular flexibility index (Phi) is 11.9. The zero-order valence-corrected chi connectivity index (χ0v) is 16.6. The van der Waals surface area contributed by atoms with Crippen molar-refractivity contribution >= 4 is 11.8 Å². The predicted molar refractivity (Wildman–Crippen MR) is 106 cm³/mol. The van der Waals surface area contributed by atoms with Crippen LogP contribution in [0.1, 0.15) is 77.6 Å². The number of aliphatic hydroxyl groups is 2. The van der Waals surface area contributed by atoms with Crippen LogP contribution >= 0.6 is 0 Å². The Morgan fingerprint density at radius 1 is 0.963 bits per heavy atom. The molecule has 5 heteroatoms. The summed E-state index contributed by atoms with van der Waals surface area (Å²) in [6.45, 7) is 2.16. The molecule has 5 nitrogen and oxygen atoms in total. The van der Waals surface area contributed by atoms with Crippen LogP contribution in [0.4, 0.5) is 0 Å². The molecule has 0 aromatic heterocycles. The molecule has 1 rings (SSSR count). The topological polar surface area (TPSA) is 94.8 Å². The number of carbonyl (C=O) groups is 2. The molecule has 0 spiro atoms. The molecular formula is C22H36O5. The van der Waals surface area contributed by atoms with E-state index in [1.54, 1.807) is 12.2 Å². The number of carbonyl (C=O) groups excluding carboxylic acids is 1. The summed E-state index contributed by atoms with van der Waals surface area (Å²) in [5.74, 6) is -1.03. The fourth-order valence-electron chi connectivity index (χ4n) is 3.65. The lowest BCUT2D eigenvalue weighted by Crippen LogP contribution is -2.20. The summed E-state index contributed by atoms with van der Waals surface area (Å²) in [6.07, 6.45) is 14.5. The minimum Gasteiger partial charge on any atom is -0.481 e. The number of hydrogen-bond acceptors (Lipinski definition) is 4. The summed E-state index contributed by atoms with van der Waals surface area (Å²) in [4.78, 5) is 22.5. The van der Waals surface area contributed by atoms with Crippen molar-refractivity contribution in [3.8, 4) is 0 Å². The highest BCUT2D eigenvalue weighted by Gasteiger charge is 2.39. The van der Waals surface area contributed by atoms with E-state index in [-0.39, 0.29) is 24.0 Å². The summed E-state index contributed by atoms with van der Waals surface area (Å²) in [5, 5.41) is 29.0. The maximum atomic E-state index is 12.0. The third-order valence-electron chi connectivity index (χ3n) is 5.28. The van der Waals surface area contributed by atoms with Crippen LogP contribution in [0.25, 0.3) is 0 Å². The summed E-state index contributed by atoms with van der Waals surface area (Å²) < 4.78 is 0. The molecule has 0 aromatic rings. The van der Waals surface area contributed by atoms with Crippen molar-refractivity contribution in [2.24, 2.45) is 11.8 Å². The molecule has 4 atom stereocenters. The van der Waals surface area contributed by atoms with Gasteiger partial charge >= 0.3 is 5.97 Å². The molecule has 1 fully saturated rings. The number of ketones is 1. The molecule has 1 aliphatic rings. The average molecular weight is 381 g/mol. The molecular weight excluding hydrogens is 344 g/mol. The number of aliphatic hydroxyl groups excluding tert-OH is 2. The molecule has 0 aliphatic heterocycles. The molecule has 1 aliphatic carbocycles. The zero-order valence-electron chi connectivity index (χ0n) is 16.6. The van der Waals surface area contributed by atoms with Crippen LogP contribution in [0.5, 0.6) is 0 Å². The van der Waals surface area contributed by atoms with Gasteiger partial charge < -0.3 is 15.3 Å². The van der Waals surface area contributed by atoms with E-state index in [0.717, 1.165) is 12.8 Å². The molecule has 0 amide bonds. The number of rotatable bonds is 14. The standard InChI is InChI=1S/C22H36O5/c1-2-3-4-5-8-11-17(23)14-15-19-18(20(24)16-21(19)25)12-9-6-7-10-13-22(26)27/h6,9,14-15,18-21,24-25H,2-5,7-8,10-13,16H2,1H3,(H,26,27). The van der Waals surface area contributed by atoms with E-state index in [4.69, 9.17) is 5.11 Å². The zero-order chi connectivity index (χ0) is 20.1. The van der Waals surface area contributed by atoms with Crippen molar-refractivity contribution in [3.05, 3.63) is 24.3 Å². The SMILES string of the molecule is CCCCCCCC(=O)C=CC1C(O)CC(O)C1CC=CCCCC(=O)O. The second kappa shape index (κ2) is 13.7. The van der Waals surface area contributed by atoms with Crippen LogP contribution in [0.15, 0.2) is 24.3 Å². The van der Waals surface area contributed by atoms with Gasteiger partial charge in [0.15, 0.2) is 5.78 Å². The summed E-state index contributed by atoms with van der Waals surface area (Å²) in [5.41, 5.74) is 0. The lowest BCUT2D eigenvalue weighted by atomic mass is 9.89. The maximum Gasteiger partial charge on any atom is 0.303 e. The van der Waals surface area contributed by atoms with E-state index in [2.05, 4.69) is 6.92 Å². The fraction of sp³-hybridized carbons (Fsp3) is 0.727. The quantitative estimate of drug-likeness (QED) is 0.240. The van der Waals surface area contributed by atoms with Gasteiger partial charge in [0.1, 0.15) is 0 Å². The molecule has 154 valence electrons. The first kappa shape index (κ1) is 23.6. The van der Waals surface area contributed by atoms with Gasteiger partial charge in [0.2, 0.25) is 0 Å². The lowest BCUT2D eigenvalue weighted by molar-refractivity contribution is -0.137. The number of hydrogen-bond donors (Lipinski definition) is 3. The van der Waals surface area contributed by atoms with Gasteiger partial charge in [-0.25, -0.2) is 0 Å². The van der Waals surface area contributed by atoms with Crippen molar-refractivity contribution < 1.29 is 24.9 Å². The van der Waals surface area contributed by atoms with Crippen LogP contribution in [0.2, 0.25) is 0 Å². The third-order valence-corrected chi connectivity index (χ3v) is 5.28. The highest BCUT2D eigenvalue weighted by Crippen LogP contribution is 2.36. The average Bonchev–Trinajstić information content (AvgIpc) is 2.88. The van der Waals surface area contributed by atoms with Crippen LogP contribution in [0, 0.1) is 11.8 Å². The third kappa shape index (κ3) is 9.87. The first-order valence-corrected chi connectivity index (χ1v) is 10.4. The molecule has 0 bridgehead atoms. The Balaban J connectivity index is 2.42. The van der Waals surface area contributed by atoms with Crippen molar-refractivity contribution in [2.45, 2.75) is 89.8 Å². The van der Waals surface area contributed by atoms with Crippen molar-refractivity contribution in [1.82, 2.24) is 0 Å².